The van der Waals surface area contributed by atoms with Gasteiger partial charge in [0.2, 0.25) is 0 Å². The van der Waals surface area contributed by atoms with Crippen molar-refractivity contribution in [2.45, 2.75) is 56.7 Å². The van der Waals surface area contributed by atoms with Gasteiger partial charge in [-0.05, 0) is 32.0 Å². The van der Waals surface area contributed by atoms with E-state index in [1.807, 2.05) is 0 Å². The number of anilines is 1. The van der Waals surface area contributed by atoms with Gasteiger partial charge in [0.25, 0.3) is 5.91 Å². The molecule has 1 aromatic carbocycles. The first-order valence-electron chi connectivity index (χ1n) is 10.0. The first-order chi connectivity index (χ1) is 14.8. The molecular formula is C21H25N3O7. The zero-order valence-electron chi connectivity index (χ0n) is 17.2. The SMILES string of the molecule is CC1(C)O[C@H]2[C@H](n3ccc(NC(=O)c4ccccc4)nc3=O)O[C@H](CO)[C@@H](O)C[C@H]2O1. The van der Waals surface area contributed by atoms with E-state index in [2.05, 4.69) is 10.3 Å². The number of nitrogens with one attached hydrogen (secondary N) is 1. The Kier molecular flexibility index (Phi) is 5.91. The highest BCUT2D eigenvalue weighted by Crippen LogP contribution is 2.39. The molecule has 2 aromatic rings. The summed E-state index contributed by atoms with van der Waals surface area (Å²) in [5, 5.41) is 22.6. The Balaban J connectivity index is 1.61. The van der Waals surface area contributed by atoms with Gasteiger partial charge < -0.3 is 29.7 Å². The van der Waals surface area contributed by atoms with E-state index in [4.69, 9.17) is 14.2 Å². The van der Waals surface area contributed by atoms with E-state index in [0.29, 0.717) is 5.56 Å². The lowest BCUT2D eigenvalue weighted by Crippen LogP contribution is -2.41. The van der Waals surface area contributed by atoms with E-state index in [1.54, 1.807) is 44.2 Å². The lowest BCUT2D eigenvalue weighted by molar-refractivity contribution is -0.196. The highest BCUT2D eigenvalue weighted by molar-refractivity contribution is 6.03. The number of amides is 1. The van der Waals surface area contributed by atoms with Crippen LogP contribution in [0.1, 0.15) is 36.9 Å². The maximum Gasteiger partial charge on any atom is 0.351 e. The van der Waals surface area contributed by atoms with Crippen molar-refractivity contribution in [3.63, 3.8) is 0 Å². The number of rotatable bonds is 4. The minimum atomic E-state index is -0.993. The molecule has 2 aliphatic heterocycles. The van der Waals surface area contributed by atoms with Crippen LogP contribution in [-0.2, 0) is 14.2 Å². The van der Waals surface area contributed by atoms with Crippen LogP contribution < -0.4 is 11.0 Å². The van der Waals surface area contributed by atoms with E-state index in [0.717, 1.165) is 0 Å². The zero-order chi connectivity index (χ0) is 22.2. The van der Waals surface area contributed by atoms with Crippen LogP contribution in [0.4, 0.5) is 5.82 Å². The van der Waals surface area contributed by atoms with Crippen LogP contribution in [0, 0.1) is 0 Å². The fourth-order valence-corrected chi connectivity index (χ4v) is 3.87. The van der Waals surface area contributed by atoms with Crippen LogP contribution >= 0.6 is 0 Å². The summed E-state index contributed by atoms with van der Waals surface area (Å²) in [5.74, 6) is -1.24. The van der Waals surface area contributed by atoms with Crippen molar-refractivity contribution < 1.29 is 29.2 Å². The molecule has 2 saturated heterocycles. The molecule has 2 aliphatic rings. The summed E-state index contributed by atoms with van der Waals surface area (Å²) in [6.07, 6.45) is -2.54. The van der Waals surface area contributed by atoms with Gasteiger partial charge in [-0.3, -0.25) is 9.36 Å². The molecule has 0 saturated carbocycles. The number of benzene rings is 1. The third-order valence-electron chi connectivity index (χ3n) is 5.28. The second-order valence-electron chi connectivity index (χ2n) is 8.01. The highest BCUT2D eigenvalue weighted by Gasteiger charge is 2.50. The predicted molar refractivity (Wildman–Crippen MR) is 108 cm³/mol. The van der Waals surface area contributed by atoms with Crippen molar-refractivity contribution in [1.82, 2.24) is 9.55 Å². The van der Waals surface area contributed by atoms with Crippen LogP contribution in [0.5, 0.6) is 0 Å². The van der Waals surface area contributed by atoms with Crippen LogP contribution in [0.15, 0.2) is 47.4 Å². The molecule has 0 spiro atoms. The first-order valence-corrected chi connectivity index (χ1v) is 10.0. The summed E-state index contributed by atoms with van der Waals surface area (Å²) in [6.45, 7) is 3.03. The van der Waals surface area contributed by atoms with Gasteiger partial charge in [0.1, 0.15) is 18.0 Å². The molecule has 0 unspecified atom stereocenters. The number of nitrogens with zero attached hydrogens (tertiary/aromatic N) is 2. The number of aliphatic hydroxyl groups excluding tert-OH is 2. The van der Waals surface area contributed by atoms with Crippen molar-refractivity contribution in [2.24, 2.45) is 0 Å². The highest BCUT2D eigenvalue weighted by atomic mass is 16.8. The Labute approximate surface area is 178 Å². The van der Waals surface area contributed by atoms with Gasteiger partial charge in [0.05, 0.1) is 18.8 Å². The van der Waals surface area contributed by atoms with Gasteiger partial charge in [-0.15, -0.1) is 0 Å². The molecule has 10 heteroatoms. The third-order valence-corrected chi connectivity index (χ3v) is 5.28. The van der Waals surface area contributed by atoms with Crippen LogP contribution in [-0.4, -0.2) is 62.5 Å². The summed E-state index contributed by atoms with van der Waals surface area (Å²) >= 11 is 0. The van der Waals surface area contributed by atoms with Crippen LogP contribution in [0.25, 0.3) is 0 Å². The molecule has 0 radical (unpaired) electrons. The average molecular weight is 431 g/mol. The van der Waals surface area contributed by atoms with Crippen LogP contribution in [0.2, 0.25) is 0 Å². The minimum absolute atomic E-state index is 0.0861. The van der Waals surface area contributed by atoms with Gasteiger partial charge in [-0.25, -0.2) is 4.79 Å². The summed E-state index contributed by atoms with van der Waals surface area (Å²) in [5.41, 5.74) is -0.252. The quantitative estimate of drug-likeness (QED) is 0.643. The number of ether oxygens (including phenoxy) is 3. The number of carbonyl (C=O) groups excluding carboxylic acids is 1. The van der Waals surface area contributed by atoms with Gasteiger partial charge >= 0.3 is 5.69 Å². The molecule has 2 fully saturated rings. The largest absolute Gasteiger partial charge is 0.394 e. The third kappa shape index (κ3) is 4.53. The van der Waals surface area contributed by atoms with E-state index < -0.39 is 54.6 Å². The van der Waals surface area contributed by atoms with E-state index >= 15 is 0 Å². The fraction of sp³-hybridized carbons (Fsp3) is 0.476. The number of carbonyl (C=O) groups is 1. The van der Waals surface area contributed by atoms with Crippen molar-refractivity contribution in [1.29, 1.82) is 0 Å². The molecule has 3 heterocycles. The Morgan fingerprint density at radius 1 is 1.26 bits per heavy atom. The second kappa shape index (κ2) is 8.48. The molecule has 1 aromatic heterocycles. The van der Waals surface area contributed by atoms with Gasteiger partial charge in [0, 0.05) is 18.2 Å². The van der Waals surface area contributed by atoms with E-state index in [1.165, 1.54) is 16.8 Å². The van der Waals surface area contributed by atoms with Crippen molar-refractivity contribution in [2.75, 3.05) is 11.9 Å². The zero-order valence-corrected chi connectivity index (χ0v) is 17.2. The van der Waals surface area contributed by atoms with Gasteiger partial charge in [0.15, 0.2) is 12.0 Å². The van der Waals surface area contributed by atoms with Gasteiger partial charge in [-0.1, -0.05) is 18.2 Å². The molecule has 5 atom stereocenters. The maximum absolute atomic E-state index is 12.8. The van der Waals surface area contributed by atoms with Crippen molar-refractivity contribution >= 4 is 11.7 Å². The monoisotopic (exact) mass is 431 g/mol. The Morgan fingerprint density at radius 3 is 2.68 bits per heavy atom. The molecule has 3 N–H and O–H groups in total. The smallest absolute Gasteiger partial charge is 0.351 e. The Morgan fingerprint density at radius 2 is 2.00 bits per heavy atom. The second-order valence-corrected chi connectivity index (χ2v) is 8.01. The first kappa shape index (κ1) is 21.6. The van der Waals surface area contributed by atoms with Crippen molar-refractivity contribution in [3.05, 3.63) is 58.6 Å². The number of hydrogen-bond donors (Lipinski definition) is 3. The normalized spacial score (nSPS) is 29.7. The summed E-state index contributed by atoms with van der Waals surface area (Å²) in [7, 11) is 0. The van der Waals surface area contributed by atoms with Gasteiger partial charge in [-0.2, -0.15) is 4.98 Å². The molecule has 1 amide bonds. The molecule has 0 bridgehead atoms. The maximum atomic E-state index is 12.8. The van der Waals surface area contributed by atoms with Crippen molar-refractivity contribution in [3.8, 4) is 0 Å². The minimum Gasteiger partial charge on any atom is -0.394 e. The molecule has 31 heavy (non-hydrogen) atoms. The molecule has 0 aliphatic carbocycles. The standard InChI is InChI=1S/C21H25N3O7/c1-21(2)30-14-10-13(26)15(11-25)29-19(17(14)31-21)24-9-8-16(23-20(24)28)22-18(27)12-6-4-3-5-7-12/h3-9,13-15,17,19,25-26H,10-11H2,1-2H3,(H,22,23,27,28)/t13-,14+,15+,17+,19+/m0/s1. The number of aliphatic hydroxyl groups is 2. The topological polar surface area (TPSA) is 132 Å². The summed E-state index contributed by atoms with van der Waals surface area (Å²) in [6, 6.07) is 10.0. The molecule has 166 valence electrons. The summed E-state index contributed by atoms with van der Waals surface area (Å²) in [4.78, 5) is 29.1. The lowest BCUT2D eigenvalue weighted by atomic mass is 10.0. The molecule has 4 rings (SSSR count). The predicted octanol–water partition coefficient (Wildman–Crippen LogP) is 0.656. The lowest BCUT2D eigenvalue weighted by Gasteiger charge is -2.28. The number of hydrogen-bond acceptors (Lipinski definition) is 8. The molecule has 10 nitrogen and oxygen atoms in total. The van der Waals surface area contributed by atoms with E-state index in [-0.39, 0.29) is 12.2 Å². The number of fused-ring (bicyclic) bond motifs is 1. The number of aromatic nitrogens is 2. The van der Waals surface area contributed by atoms with E-state index in [9.17, 15) is 19.8 Å². The van der Waals surface area contributed by atoms with Crippen LogP contribution in [0.3, 0.4) is 0 Å². The Bertz CT molecular complexity index is 994. The fourth-order valence-electron chi connectivity index (χ4n) is 3.87. The average Bonchev–Trinajstić information content (AvgIpc) is 2.97. The molecular weight excluding hydrogens is 406 g/mol. The summed E-state index contributed by atoms with van der Waals surface area (Å²) < 4.78 is 18.9. The Hall–Kier alpha value is -2.63.